The van der Waals surface area contributed by atoms with Gasteiger partial charge in [-0.3, -0.25) is 0 Å². The molecule has 74 valence electrons. The molecule has 0 aliphatic carbocycles. The number of nitrogens with zero attached hydrogens (tertiary/aromatic N) is 1. The second kappa shape index (κ2) is 5.17. The Labute approximate surface area is 82.9 Å². The van der Waals surface area contributed by atoms with Crippen LogP contribution in [-0.4, -0.2) is 9.97 Å². The molecule has 0 saturated heterocycles. The first-order valence-electron chi connectivity index (χ1n) is 4.37. The highest BCUT2D eigenvalue weighted by molar-refractivity contribution is 5.59. The molecule has 0 unspecified atom stereocenters. The Morgan fingerprint density at radius 3 is 3.00 bits per heavy atom. The molecule has 0 aromatic carbocycles. The van der Waals surface area contributed by atoms with E-state index in [0.29, 0.717) is 6.42 Å². The van der Waals surface area contributed by atoms with Gasteiger partial charge in [-0.1, -0.05) is 12.7 Å². The molecule has 1 aromatic rings. The van der Waals surface area contributed by atoms with Crippen LogP contribution in [0.2, 0.25) is 0 Å². The van der Waals surface area contributed by atoms with E-state index in [9.17, 15) is 4.39 Å². The zero-order valence-corrected chi connectivity index (χ0v) is 8.13. The maximum Gasteiger partial charge on any atom is 0.118 e. The van der Waals surface area contributed by atoms with Gasteiger partial charge < -0.3 is 4.98 Å². The Morgan fingerprint density at radius 1 is 1.64 bits per heavy atom. The van der Waals surface area contributed by atoms with Crippen molar-refractivity contribution in [1.82, 2.24) is 9.97 Å². The molecular weight excluding hydrogens is 179 g/mol. The molecular formula is C11H13FN2. The smallest absolute Gasteiger partial charge is 0.118 e. The quantitative estimate of drug-likeness (QED) is 0.729. The molecule has 0 fully saturated rings. The maximum atomic E-state index is 12.6. The monoisotopic (exact) mass is 192 g/mol. The van der Waals surface area contributed by atoms with Crippen LogP contribution >= 0.6 is 0 Å². The molecule has 1 N–H and O–H groups in total. The number of H-pyrrole nitrogens is 1. The van der Waals surface area contributed by atoms with Crippen molar-refractivity contribution in [3.8, 4) is 0 Å². The number of halogens is 1. The van der Waals surface area contributed by atoms with Crippen LogP contribution in [0.3, 0.4) is 0 Å². The fourth-order valence-corrected chi connectivity index (χ4v) is 1.01. The Bertz CT molecular complexity index is 347. The van der Waals surface area contributed by atoms with Crippen molar-refractivity contribution in [2.75, 3.05) is 0 Å². The summed E-state index contributed by atoms with van der Waals surface area (Å²) in [6.45, 7) is 5.28. The van der Waals surface area contributed by atoms with E-state index < -0.39 is 0 Å². The van der Waals surface area contributed by atoms with Gasteiger partial charge >= 0.3 is 0 Å². The summed E-state index contributed by atoms with van der Waals surface area (Å²) in [6.07, 6.45) is 8.51. The summed E-state index contributed by atoms with van der Waals surface area (Å²) in [5.41, 5.74) is 2.01. The van der Waals surface area contributed by atoms with Crippen molar-refractivity contribution in [3.05, 3.63) is 48.9 Å². The van der Waals surface area contributed by atoms with Crippen LogP contribution in [-0.2, 0) is 0 Å². The Morgan fingerprint density at radius 2 is 2.43 bits per heavy atom. The van der Waals surface area contributed by atoms with Crippen molar-refractivity contribution >= 4 is 5.57 Å². The third-order valence-corrected chi connectivity index (χ3v) is 1.85. The van der Waals surface area contributed by atoms with Crippen LogP contribution in [0.25, 0.3) is 5.57 Å². The predicted octanol–water partition coefficient (Wildman–Crippen LogP) is 3.24. The normalized spacial score (nSPS) is 13.0. The number of hydrogen-bond acceptors (Lipinski definition) is 1. The van der Waals surface area contributed by atoms with Gasteiger partial charge in [-0.05, 0) is 31.1 Å². The number of hydrogen-bond donors (Lipinski definition) is 1. The van der Waals surface area contributed by atoms with Crippen molar-refractivity contribution in [2.45, 2.75) is 13.3 Å². The van der Waals surface area contributed by atoms with Crippen molar-refractivity contribution in [1.29, 1.82) is 0 Å². The second-order valence-corrected chi connectivity index (χ2v) is 2.88. The van der Waals surface area contributed by atoms with Crippen LogP contribution in [0.15, 0.2) is 43.2 Å². The number of nitrogens with one attached hydrogen (secondary N) is 1. The SMILES string of the molecule is C=C/C(F)=C\C/C=C(\C)c1cnc[nH]1. The fraction of sp³-hybridized carbons (Fsp3) is 0.182. The lowest BCUT2D eigenvalue weighted by atomic mass is 10.2. The van der Waals surface area contributed by atoms with Crippen LogP contribution in [0.4, 0.5) is 4.39 Å². The number of rotatable bonds is 4. The highest BCUT2D eigenvalue weighted by atomic mass is 19.1. The van der Waals surface area contributed by atoms with Crippen molar-refractivity contribution < 1.29 is 4.39 Å². The summed E-state index contributed by atoms with van der Waals surface area (Å²) >= 11 is 0. The first-order valence-corrected chi connectivity index (χ1v) is 4.37. The molecule has 0 atom stereocenters. The van der Waals surface area contributed by atoms with Crippen LogP contribution < -0.4 is 0 Å². The van der Waals surface area contributed by atoms with E-state index in [2.05, 4.69) is 16.5 Å². The van der Waals surface area contributed by atoms with Gasteiger partial charge in [-0.25, -0.2) is 9.37 Å². The maximum absolute atomic E-state index is 12.6. The summed E-state index contributed by atoms with van der Waals surface area (Å²) in [4.78, 5) is 6.88. The fourth-order valence-electron chi connectivity index (χ4n) is 1.01. The minimum atomic E-state index is -0.293. The molecule has 0 spiro atoms. The van der Waals surface area contributed by atoms with E-state index in [1.807, 2.05) is 13.0 Å². The third-order valence-electron chi connectivity index (χ3n) is 1.85. The third kappa shape index (κ3) is 3.01. The Balaban J connectivity index is 2.58. The number of aromatic nitrogens is 2. The molecule has 1 aromatic heterocycles. The van der Waals surface area contributed by atoms with Gasteiger partial charge in [-0.15, -0.1) is 0 Å². The standard InChI is InChI=1S/C11H13FN2/c1-3-10(12)6-4-5-9(2)11-7-13-8-14-11/h3,5-8H,1,4H2,2H3,(H,13,14)/b9-5+,10-6+. The van der Waals surface area contributed by atoms with Gasteiger partial charge in [0.1, 0.15) is 5.83 Å². The highest BCUT2D eigenvalue weighted by Crippen LogP contribution is 2.11. The Kier molecular flexibility index (Phi) is 3.85. The molecule has 0 saturated carbocycles. The summed E-state index contributed by atoms with van der Waals surface area (Å²) in [7, 11) is 0. The number of aromatic amines is 1. The molecule has 14 heavy (non-hydrogen) atoms. The lowest BCUT2D eigenvalue weighted by Gasteiger charge is -1.94. The molecule has 0 radical (unpaired) electrons. The highest BCUT2D eigenvalue weighted by Gasteiger charge is 1.94. The van der Waals surface area contributed by atoms with Gasteiger partial charge in [0.15, 0.2) is 0 Å². The topological polar surface area (TPSA) is 28.7 Å². The average molecular weight is 192 g/mol. The molecule has 0 bridgehead atoms. The lowest BCUT2D eigenvalue weighted by Crippen LogP contribution is -1.77. The molecule has 0 aliphatic rings. The van der Waals surface area contributed by atoms with Gasteiger partial charge in [0, 0.05) is 0 Å². The van der Waals surface area contributed by atoms with Gasteiger partial charge in [0.2, 0.25) is 0 Å². The zero-order valence-electron chi connectivity index (χ0n) is 8.13. The van der Waals surface area contributed by atoms with Crippen molar-refractivity contribution in [2.24, 2.45) is 0 Å². The summed E-state index contributed by atoms with van der Waals surface area (Å²) in [5.74, 6) is -0.293. The average Bonchev–Trinajstić information content (AvgIpc) is 2.70. The number of allylic oxidation sites excluding steroid dienone is 5. The van der Waals surface area contributed by atoms with E-state index in [4.69, 9.17) is 0 Å². The first-order chi connectivity index (χ1) is 6.74. The number of imidazole rings is 1. The summed E-state index contributed by atoms with van der Waals surface area (Å²) in [6, 6.07) is 0. The molecule has 0 aliphatic heterocycles. The minimum Gasteiger partial charge on any atom is -0.345 e. The van der Waals surface area contributed by atoms with E-state index in [1.54, 1.807) is 12.5 Å². The van der Waals surface area contributed by atoms with E-state index in [-0.39, 0.29) is 5.83 Å². The van der Waals surface area contributed by atoms with Gasteiger partial charge in [-0.2, -0.15) is 0 Å². The van der Waals surface area contributed by atoms with Crippen molar-refractivity contribution in [3.63, 3.8) is 0 Å². The molecule has 0 amide bonds. The van der Waals surface area contributed by atoms with Crippen LogP contribution in [0, 0.1) is 0 Å². The van der Waals surface area contributed by atoms with E-state index >= 15 is 0 Å². The van der Waals surface area contributed by atoms with Gasteiger partial charge in [0.05, 0.1) is 18.2 Å². The molecule has 3 heteroatoms. The molecule has 2 nitrogen and oxygen atoms in total. The zero-order chi connectivity index (χ0) is 10.4. The summed E-state index contributed by atoms with van der Waals surface area (Å²) < 4.78 is 12.6. The Hall–Kier alpha value is -1.64. The summed E-state index contributed by atoms with van der Waals surface area (Å²) in [5, 5.41) is 0. The molecule has 1 heterocycles. The van der Waals surface area contributed by atoms with E-state index in [1.165, 1.54) is 12.2 Å². The molecule has 1 rings (SSSR count). The largest absolute Gasteiger partial charge is 0.345 e. The minimum absolute atomic E-state index is 0.293. The second-order valence-electron chi connectivity index (χ2n) is 2.88. The predicted molar refractivity (Wildman–Crippen MR) is 56.2 cm³/mol. The van der Waals surface area contributed by atoms with Crippen LogP contribution in [0.1, 0.15) is 19.0 Å². The van der Waals surface area contributed by atoms with E-state index in [0.717, 1.165) is 11.3 Å². The van der Waals surface area contributed by atoms with Crippen LogP contribution in [0.5, 0.6) is 0 Å². The lowest BCUT2D eigenvalue weighted by molar-refractivity contribution is 0.663. The van der Waals surface area contributed by atoms with Gasteiger partial charge in [0.25, 0.3) is 0 Å². The first kappa shape index (κ1) is 10.4.